The summed E-state index contributed by atoms with van der Waals surface area (Å²) in [5.41, 5.74) is 14.4. The third-order valence-corrected chi connectivity index (χ3v) is 4.05. The van der Waals surface area contributed by atoms with Gasteiger partial charge in [-0.25, -0.2) is 9.59 Å². The Kier molecular flexibility index (Phi) is 6.27. The van der Waals surface area contributed by atoms with Crippen LogP contribution in [0, 0.1) is 0 Å². The first-order valence-corrected chi connectivity index (χ1v) is 8.87. The van der Waals surface area contributed by atoms with Gasteiger partial charge in [-0.15, -0.1) is 0 Å². The fourth-order valence-corrected chi connectivity index (χ4v) is 2.49. The highest BCUT2D eigenvalue weighted by Gasteiger charge is 2.07. The molecule has 3 rings (SSSR count). The third kappa shape index (κ3) is 5.71. The molecule has 0 fully saturated rings. The average Bonchev–Trinajstić information content (AvgIpc) is 2.73. The molecule has 0 spiro atoms. The van der Waals surface area contributed by atoms with E-state index in [4.69, 9.17) is 20.9 Å². The number of nitrogen functional groups attached to an aromatic ring is 2. The maximum atomic E-state index is 12.0. The van der Waals surface area contributed by atoms with Crippen molar-refractivity contribution >= 4 is 29.4 Å². The monoisotopic (exact) mass is 388 g/mol. The Bertz CT molecular complexity index is 1030. The van der Waals surface area contributed by atoms with Crippen LogP contribution in [0.4, 0.5) is 11.4 Å². The molecule has 0 unspecified atom stereocenters. The van der Waals surface area contributed by atoms with Gasteiger partial charge in [0, 0.05) is 23.0 Å². The molecule has 6 nitrogen and oxygen atoms in total. The molecular weight excluding hydrogens is 368 g/mol. The SMILES string of the molecule is Nc1ccc(COC(=O)/C=C/c2ccc(OC(=O)c3ccccc3)cc2)c(N)c1. The normalized spacial score (nSPS) is 10.6. The largest absolute Gasteiger partial charge is 0.458 e. The van der Waals surface area contributed by atoms with E-state index < -0.39 is 11.9 Å². The highest BCUT2D eigenvalue weighted by Crippen LogP contribution is 2.17. The predicted molar refractivity (Wildman–Crippen MR) is 112 cm³/mol. The zero-order chi connectivity index (χ0) is 20.6. The minimum Gasteiger partial charge on any atom is -0.458 e. The summed E-state index contributed by atoms with van der Waals surface area (Å²) in [7, 11) is 0. The van der Waals surface area contributed by atoms with Gasteiger partial charge in [-0.1, -0.05) is 36.4 Å². The van der Waals surface area contributed by atoms with Crippen LogP contribution < -0.4 is 16.2 Å². The summed E-state index contributed by atoms with van der Waals surface area (Å²) in [6, 6.07) is 20.5. The molecule has 0 aliphatic carbocycles. The molecule has 0 atom stereocenters. The average molecular weight is 388 g/mol. The molecule has 0 heterocycles. The van der Waals surface area contributed by atoms with Crippen molar-refractivity contribution in [2.45, 2.75) is 6.61 Å². The van der Waals surface area contributed by atoms with Crippen molar-refractivity contribution in [3.8, 4) is 5.75 Å². The van der Waals surface area contributed by atoms with Gasteiger partial charge in [-0.3, -0.25) is 0 Å². The van der Waals surface area contributed by atoms with Gasteiger partial charge in [0.1, 0.15) is 12.4 Å². The summed E-state index contributed by atoms with van der Waals surface area (Å²) >= 11 is 0. The van der Waals surface area contributed by atoms with Crippen LogP contribution in [0.3, 0.4) is 0 Å². The van der Waals surface area contributed by atoms with E-state index in [0.29, 0.717) is 28.3 Å². The van der Waals surface area contributed by atoms with Crippen LogP contribution in [0.1, 0.15) is 21.5 Å². The van der Waals surface area contributed by atoms with Gasteiger partial charge in [0.15, 0.2) is 0 Å². The number of hydrogen-bond donors (Lipinski definition) is 2. The number of anilines is 2. The van der Waals surface area contributed by atoms with E-state index in [2.05, 4.69) is 0 Å². The van der Waals surface area contributed by atoms with Crippen molar-refractivity contribution < 1.29 is 19.1 Å². The van der Waals surface area contributed by atoms with E-state index in [-0.39, 0.29) is 6.61 Å². The van der Waals surface area contributed by atoms with E-state index in [1.165, 1.54) is 6.08 Å². The smallest absolute Gasteiger partial charge is 0.343 e. The molecule has 29 heavy (non-hydrogen) atoms. The highest BCUT2D eigenvalue weighted by molar-refractivity contribution is 5.91. The number of esters is 2. The van der Waals surface area contributed by atoms with E-state index >= 15 is 0 Å². The summed E-state index contributed by atoms with van der Waals surface area (Å²) in [6.45, 7) is 0.0592. The lowest BCUT2D eigenvalue weighted by molar-refractivity contribution is -0.138. The number of carbonyl (C=O) groups excluding carboxylic acids is 2. The number of hydrogen-bond acceptors (Lipinski definition) is 6. The van der Waals surface area contributed by atoms with Crippen molar-refractivity contribution in [2.75, 3.05) is 11.5 Å². The summed E-state index contributed by atoms with van der Waals surface area (Å²) in [4.78, 5) is 23.9. The second-order valence-electron chi connectivity index (χ2n) is 6.22. The standard InChI is InChI=1S/C23H20N2O4/c24-19-10-9-18(21(25)14-19)15-28-22(26)13-8-16-6-11-20(12-7-16)29-23(27)17-4-2-1-3-5-17/h1-14H,15,24-25H2/b13-8+. The Morgan fingerprint density at radius 1 is 0.897 bits per heavy atom. The predicted octanol–water partition coefficient (Wildman–Crippen LogP) is 3.83. The van der Waals surface area contributed by atoms with Crippen LogP contribution in [0.2, 0.25) is 0 Å². The minimum absolute atomic E-state index is 0.0592. The molecule has 0 radical (unpaired) electrons. The zero-order valence-corrected chi connectivity index (χ0v) is 15.6. The molecule has 6 heteroatoms. The number of nitrogens with two attached hydrogens (primary N) is 2. The fourth-order valence-electron chi connectivity index (χ4n) is 2.49. The number of benzene rings is 3. The summed E-state index contributed by atoms with van der Waals surface area (Å²) in [6.07, 6.45) is 2.93. The quantitative estimate of drug-likeness (QED) is 0.288. The first-order valence-electron chi connectivity index (χ1n) is 8.87. The molecule has 4 N–H and O–H groups in total. The summed E-state index contributed by atoms with van der Waals surface area (Å²) in [5, 5.41) is 0. The Hall–Kier alpha value is -4.06. The van der Waals surface area contributed by atoms with Gasteiger partial charge in [0.2, 0.25) is 0 Å². The number of ether oxygens (including phenoxy) is 2. The van der Waals surface area contributed by atoms with Crippen LogP contribution in [0.5, 0.6) is 5.75 Å². The number of rotatable bonds is 6. The Balaban J connectivity index is 1.52. The number of carbonyl (C=O) groups is 2. The third-order valence-electron chi connectivity index (χ3n) is 4.05. The van der Waals surface area contributed by atoms with Crippen LogP contribution in [0.15, 0.2) is 78.9 Å². The van der Waals surface area contributed by atoms with Gasteiger partial charge in [0.25, 0.3) is 0 Å². The van der Waals surface area contributed by atoms with Crippen LogP contribution in [-0.2, 0) is 16.1 Å². The molecule has 3 aromatic carbocycles. The maximum Gasteiger partial charge on any atom is 0.343 e. The molecule has 146 valence electrons. The maximum absolute atomic E-state index is 12.0. The Morgan fingerprint density at radius 2 is 1.62 bits per heavy atom. The highest BCUT2D eigenvalue weighted by atomic mass is 16.5. The lowest BCUT2D eigenvalue weighted by Gasteiger charge is -2.06. The molecule has 0 aromatic heterocycles. The summed E-state index contributed by atoms with van der Waals surface area (Å²) in [5.74, 6) is -0.516. The van der Waals surface area contributed by atoms with E-state index in [1.807, 2.05) is 6.07 Å². The van der Waals surface area contributed by atoms with Crippen LogP contribution >= 0.6 is 0 Å². The first kappa shape index (κ1) is 19.7. The van der Waals surface area contributed by atoms with Crippen molar-refractivity contribution in [2.24, 2.45) is 0 Å². The lowest BCUT2D eigenvalue weighted by Crippen LogP contribution is -2.07. The van der Waals surface area contributed by atoms with Gasteiger partial charge in [-0.05, 0) is 48.0 Å². The molecule has 0 bridgehead atoms. The Labute approximate surface area is 168 Å². The van der Waals surface area contributed by atoms with Crippen LogP contribution in [0.25, 0.3) is 6.08 Å². The molecule has 3 aromatic rings. The van der Waals surface area contributed by atoms with Gasteiger partial charge < -0.3 is 20.9 Å². The second kappa shape index (κ2) is 9.23. The fraction of sp³-hybridized carbons (Fsp3) is 0.0435. The molecule has 0 saturated heterocycles. The first-order chi connectivity index (χ1) is 14.0. The molecule has 0 aliphatic rings. The van der Waals surface area contributed by atoms with E-state index in [1.54, 1.807) is 72.8 Å². The van der Waals surface area contributed by atoms with Crippen molar-refractivity contribution in [3.63, 3.8) is 0 Å². The van der Waals surface area contributed by atoms with Crippen molar-refractivity contribution in [1.29, 1.82) is 0 Å². The zero-order valence-electron chi connectivity index (χ0n) is 15.6. The second-order valence-corrected chi connectivity index (χ2v) is 6.22. The molecule has 0 saturated carbocycles. The molecule has 0 amide bonds. The summed E-state index contributed by atoms with van der Waals surface area (Å²) < 4.78 is 10.5. The minimum atomic E-state index is -0.499. The molecular formula is C23H20N2O4. The topological polar surface area (TPSA) is 105 Å². The van der Waals surface area contributed by atoms with Gasteiger partial charge in [0.05, 0.1) is 5.56 Å². The van der Waals surface area contributed by atoms with Gasteiger partial charge >= 0.3 is 11.9 Å². The van der Waals surface area contributed by atoms with E-state index in [0.717, 1.165) is 5.56 Å². The van der Waals surface area contributed by atoms with Crippen molar-refractivity contribution in [1.82, 2.24) is 0 Å². The van der Waals surface area contributed by atoms with Crippen molar-refractivity contribution in [3.05, 3.63) is 95.6 Å². The lowest BCUT2D eigenvalue weighted by atomic mass is 10.2. The van der Waals surface area contributed by atoms with Gasteiger partial charge in [-0.2, -0.15) is 0 Å². The van der Waals surface area contributed by atoms with E-state index in [9.17, 15) is 9.59 Å². The Morgan fingerprint density at radius 3 is 2.31 bits per heavy atom. The molecule has 0 aliphatic heterocycles. The van der Waals surface area contributed by atoms with Crippen LogP contribution in [-0.4, -0.2) is 11.9 Å².